The molecule has 2 rings (SSSR count). The Labute approximate surface area is 143 Å². The first-order valence-electron chi connectivity index (χ1n) is 6.64. The maximum absolute atomic E-state index is 14.6. The minimum Gasteiger partial charge on any atom is -0.495 e. The van der Waals surface area contributed by atoms with Gasteiger partial charge < -0.3 is 21.1 Å². The summed E-state index contributed by atoms with van der Waals surface area (Å²) in [6.45, 7) is 0. The van der Waals surface area contributed by atoms with Crippen LogP contribution in [0.5, 0.6) is 5.75 Å². The number of nitrogens with one attached hydrogen (secondary N) is 2. The Balaban J connectivity index is 1.99. The second-order valence-corrected chi connectivity index (χ2v) is 5.67. The van der Waals surface area contributed by atoms with E-state index in [-0.39, 0.29) is 17.1 Å². The summed E-state index contributed by atoms with van der Waals surface area (Å²) in [5, 5.41) is 5.86. The van der Waals surface area contributed by atoms with Crippen LogP contribution in [-0.4, -0.2) is 23.9 Å². The second kappa shape index (κ2) is 6.97. The number of carbonyl (C=O) groups is 1. The fraction of sp³-hybridized carbons (Fsp3) is 0.200. The van der Waals surface area contributed by atoms with Crippen LogP contribution in [0, 0.1) is 0 Å². The molecule has 1 amide bonds. The quantitative estimate of drug-likeness (QED) is 0.572. The van der Waals surface area contributed by atoms with Crippen LogP contribution in [-0.2, 0) is 4.79 Å². The van der Waals surface area contributed by atoms with Crippen molar-refractivity contribution < 1.29 is 13.9 Å². The van der Waals surface area contributed by atoms with E-state index in [0.717, 1.165) is 0 Å². The molecule has 23 heavy (non-hydrogen) atoms. The van der Waals surface area contributed by atoms with Gasteiger partial charge in [0.25, 0.3) is 0 Å². The number of methoxy groups -OCH3 is 1. The maximum atomic E-state index is 14.6. The molecule has 122 valence electrons. The minimum absolute atomic E-state index is 0.0625. The topological polar surface area (TPSA) is 76.4 Å². The molecule has 5 nitrogen and oxygen atoms in total. The van der Waals surface area contributed by atoms with E-state index in [1.165, 1.54) is 25.3 Å². The van der Waals surface area contributed by atoms with Gasteiger partial charge in [-0.05, 0) is 42.6 Å². The van der Waals surface area contributed by atoms with Gasteiger partial charge in [0.15, 0.2) is 5.11 Å². The zero-order valence-electron chi connectivity index (χ0n) is 12.2. The summed E-state index contributed by atoms with van der Waals surface area (Å²) in [5.41, 5.74) is 5.99. The van der Waals surface area contributed by atoms with Crippen LogP contribution >= 0.6 is 23.8 Å². The molecule has 4 N–H and O–H groups in total. The molecule has 8 heteroatoms. The Hall–Kier alpha value is -2.12. The summed E-state index contributed by atoms with van der Waals surface area (Å²) in [6, 6.07) is 4.98. The van der Waals surface area contributed by atoms with Gasteiger partial charge in [0.1, 0.15) is 5.75 Å². The van der Waals surface area contributed by atoms with E-state index in [0.29, 0.717) is 16.5 Å². The lowest BCUT2D eigenvalue weighted by Crippen LogP contribution is -2.45. The molecule has 0 heterocycles. The Morgan fingerprint density at radius 2 is 2.26 bits per heavy atom. The normalized spacial score (nSPS) is 19.7. The molecule has 1 aliphatic carbocycles. The maximum Gasteiger partial charge on any atom is 0.248 e. The lowest BCUT2D eigenvalue weighted by molar-refractivity contribution is -0.114. The highest BCUT2D eigenvalue weighted by atomic mass is 35.5. The van der Waals surface area contributed by atoms with E-state index in [4.69, 9.17) is 34.3 Å². The highest BCUT2D eigenvalue weighted by Crippen LogP contribution is 2.27. The number of hydrogen-bond donors (Lipinski definition) is 3. The predicted molar refractivity (Wildman–Crippen MR) is 92.2 cm³/mol. The third-order valence-corrected chi connectivity index (χ3v) is 3.66. The summed E-state index contributed by atoms with van der Waals surface area (Å²) in [4.78, 5) is 11.0. The fourth-order valence-electron chi connectivity index (χ4n) is 1.99. The van der Waals surface area contributed by atoms with Gasteiger partial charge in [0.2, 0.25) is 11.7 Å². The molecule has 0 fully saturated rings. The van der Waals surface area contributed by atoms with E-state index >= 15 is 0 Å². The Morgan fingerprint density at radius 1 is 1.52 bits per heavy atom. The van der Waals surface area contributed by atoms with Gasteiger partial charge in [0.05, 0.1) is 12.1 Å². The largest absolute Gasteiger partial charge is 0.495 e. The van der Waals surface area contributed by atoms with Gasteiger partial charge in [-0.25, -0.2) is 4.39 Å². The van der Waals surface area contributed by atoms with Gasteiger partial charge >= 0.3 is 0 Å². The molecule has 0 aliphatic heterocycles. The van der Waals surface area contributed by atoms with Gasteiger partial charge in [-0.2, -0.15) is 0 Å². The summed E-state index contributed by atoms with van der Waals surface area (Å²) in [6.07, 6.45) is 3.89. The number of alkyl halides is 1. The molecule has 0 saturated carbocycles. The van der Waals surface area contributed by atoms with Crippen molar-refractivity contribution in [1.29, 1.82) is 0 Å². The average molecular weight is 356 g/mol. The number of carbonyl (C=O) groups excluding carboxylic acids is 1. The molecular weight excluding hydrogens is 341 g/mol. The number of anilines is 1. The van der Waals surface area contributed by atoms with E-state index in [1.54, 1.807) is 18.2 Å². The van der Waals surface area contributed by atoms with Gasteiger partial charge in [-0.1, -0.05) is 17.7 Å². The molecule has 0 spiro atoms. The third kappa shape index (κ3) is 4.43. The van der Waals surface area contributed by atoms with Gasteiger partial charge in [-0.15, -0.1) is 0 Å². The molecule has 0 aromatic heterocycles. The molecule has 0 bridgehead atoms. The van der Waals surface area contributed by atoms with Crippen molar-refractivity contribution in [2.24, 2.45) is 5.73 Å². The van der Waals surface area contributed by atoms with E-state index in [9.17, 15) is 9.18 Å². The van der Waals surface area contributed by atoms with Crippen LogP contribution in [0.1, 0.15) is 6.42 Å². The number of ether oxygens (including phenoxy) is 1. The van der Waals surface area contributed by atoms with Crippen molar-refractivity contribution in [3.63, 3.8) is 0 Å². The summed E-state index contributed by atoms with van der Waals surface area (Å²) in [5.74, 6) is -1.96. The first-order chi connectivity index (χ1) is 10.8. The lowest BCUT2D eigenvalue weighted by Gasteiger charge is -2.26. The smallest absolute Gasteiger partial charge is 0.248 e. The monoisotopic (exact) mass is 355 g/mol. The van der Waals surface area contributed by atoms with Crippen molar-refractivity contribution >= 4 is 40.5 Å². The van der Waals surface area contributed by atoms with Crippen LogP contribution < -0.4 is 21.1 Å². The molecule has 1 aromatic rings. The molecule has 1 aliphatic rings. The van der Waals surface area contributed by atoms with Crippen LogP contribution in [0.15, 0.2) is 42.0 Å². The first kappa shape index (κ1) is 17.2. The molecule has 0 radical (unpaired) electrons. The number of thiocarbonyl (C=S) groups is 1. The highest BCUT2D eigenvalue weighted by Gasteiger charge is 2.29. The lowest BCUT2D eigenvalue weighted by atomic mass is 10.0. The number of halogens is 2. The summed E-state index contributed by atoms with van der Waals surface area (Å²) >= 11 is 11.1. The van der Waals surface area contributed by atoms with Crippen LogP contribution in [0.3, 0.4) is 0 Å². The summed E-state index contributed by atoms with van der Waals surface area (Å²) < 4.78 is 19.6. The fourth-order valence-corrected chi connectivity index (χ4v) is 2.53. The number of amides is 1. The van der Waals surface area contributed by atoms with Crippen molar-refractivity contribution in [2.75, 3.05) is 12.4 Å². The van der Waals surface area contributed by atoms with Crippen molar-refractivity contribution in [3.8, 4) is 5.75 Å². The zero-order valence-corrected chi connectivity index (χ0v) is 13.8. The van der Waals surface area contributed by atoms with E-state index in [1.807, 2.05) is 0 Å². The van der Waals surface area contributed by atoms with E-state index < -0.39 is 11.7 Å². The van der Waals surface area contributed by atoms with Crippen LogP contribution in [0.4, 0.5) is 10.1 Å². The van der Waals surface area contributed by atoms with Crippen LogP contribution in [0.25, 0.3) is 0 Å². The number of rotatable bonds is 4. The van der Waals surface area contributed by atoms with Crippen molar-refractivity contribution in [2.45, 2.75) is 12.2 Å². The molecular formula is C15H15ClFN3O2S. The zero-order chi connectivity index (χ0) is 17.0. The van der Waals surface area contributed by atoms with E-state index in [2.05, 4.69) is 10.6 Å². The third-order valence-electron chi connectivity index (χ3n) is 3.16. The molecule has 1 atom stereocenters. The minimum atomic E-state index is -1.89. The Kier molecular flexibility index (Phi) is 5.23. The Morgan fingerprint density at radius 3 is 2.78 bits per heavy atom. The van der Waals surface area contributed by atoms with Gasteiger partial charge in [0, 0.05) is 17.7 Å². The average Bonchev–Trinajstić information content (AvgIpc) is 2.47. The first-order valence-corrected chi connectivity index (χ1v) is 7.42. The molecule has 1 aromatic carbocycles. The number of hydrogen-bond acceptors (Lipinski definition) is 3. The second-order valence-electron chi connectivity index (χ2n) is 4.85. The SMILES string of the molecule is COc1ccc(NC(=S)NC2(F)C=CC(C(N)=O)=CC2)cc1Cl. The molecule has 1 unspecified atom stereocenters. The number of primary amides is 1. The molecule has 0 saturated heterocycles. The van der Waals surface area contributed by atoms with Gasteiger partial charge in [-0.3, -0.25) is 4.79 Å². The number of benzene rings is 1. The standard InChI is InChI=1S/C15H15ClFN3O2S/c1-22-12-3-2-10(8-11(12)16)19-14(23)20-15(17)6-4-9(5-7-15)13(18)21/h2-6,8H,7H2,1H3,(H2,18,21)(H2,19,20,23). The highest BCUT2D eigenvalue weighted by molar-refractivity contribution is 7.80. The van der Waals surface area contributed by atoms with Crippen molar-refractivity contribution in [1.82, 2.24) is 5.32 Å². The Bertz CT molecular complexity index is 708. The summed E-state index contributed by atoms with van der Waals surface area (Å²) in [7, 11) is 1.51. The van der Waals surface area contributed by atoms with Crippen LogP contribution in [0.2, 0.25) is 5.02 Å². The van der Waals surface area contributed by atoms with Crippen molar-refractivity contribution in [3.05, 3.63) is 47.0 Å². The number of nitrogens with two attached hydrogens (primary N) is 1. The predicted octanol–water partition coefficient (Wildman–Crippen LogP) is 2.67.